The molecule has 2 heterocycles. The zero-order valence-corrected chi connectivity index (χ0v) is 19.1. The Bertz CT molecular complexity index is 757. The fourth-order valence-electron chi connectivity index (χ4n) is 3.03. The van der Waals surface area contributed by atoms with Gasteiger partial charge in [-0.25, -0.2) is 0 Å². The van der Waals surface area contributed by atoms with Gasteiger partial charge in [0.15, 0.2) is 11.7 Å². The van der Waals surface area contributed by atoms with Gasteiger partial charge < -0.3 is 24.8 Å². The van der Waals surface area contributed by atoms with Crippen molar-refractivity contribution in [2.24, 2.45) is 4.99 Å². The maximum atomic E-state index is 5.47. The monoisotopic (exact) mass is 499 g/mol. The second kappa shape index (κ2) is 11.3. The lowest BCUT2D eigenvalue weighted by Crippen LogP contribution is -2.38. The van der Waals surface area contributed by atoms with Gasteiger partial charge >= 0.3 is 0 Å². The van der Waals surface area contributed by atoms with E-state index in [0.29, 0.717) is 19.0 Å². The highest BCUT2D eigenvalue weighted by Gasteiger charge is 2.14. The second-order valence-electron chi connectivity index (χ2n) is 6.88. The molecular formula is C20H30IN5O2. The summed E-state index contributed by atoms with van der Waals surface area (Å²) in [5.41, 5.74) is 3.46. The molecule has 28 heavy (non-hydrogen) atoms. The standard InChI is InChI=1S/C20H29N5O2.HI/c1-15(2)18-12-17(27-24-18)14-23-20(21-3)22-13-16-6-4-5-7-19(16)25-8-10-26-11-9-25;/h4-7,12,15H,8-11,13-14H2,1-3H3,(H2,21,22,23);1H. The Labute approximate surface area is 183 Å². The quantitative estimate of drug-likeness (QED) is 0.362. The second-order valence-corrected chi connectivity index (χ2v) is 6.88. The molecule has 0 aliphatic carbocycles. The number of hydrogen-bond acceptors (Lipinski definition) is 5. The minimum absolute atomic E-state index is 0. The van der Waals surface area contributed by atoms with Crippen LogP contribution in [0.4, 0.5) is 5.69 Å². The minimum atomic E-state index is 0. The highest BCUT2D eigenvalue weighted by Crippen LogP contribution is 2.21. The summed E-state index contributed by atoms with van der Waals surface area (Å²) in [6.45, 7) is 8.84. The van der Waals surface area contributed by atoms with Crippen LogP contribution in [-0.4, -0.2) is 44.5 Å². The van der Waals surface area contributed by atoms with E-state index in [9.17, 15) is 0 Å². The van der Waals surface area contributed by atoms with E-state index < -0.39 is 0 Å². The fraction of sp³-hybridized carbons (Fsp3) is 0.500. The van der Waals surface area contributed by atoms with Crippen LogP contribution in [0.15, 0.2) is 39.8 Å². The summed E-state index contributed by atoms with van der Waals surface area (Å²) in [4.78, 5) is 6.67. The molecule has 1 fully saturated rings. The van der Waals surface area contributed by atoms with Crippen molar-refractivity contribution in [3.63, 3.8) is 0 Å². The van der Waals surface area contributed by atoms with Crippen LogP contribution in [0.2, 0.25) is 0 Å². The lowest BCUT2D eigenvalue weighted by atomic mass is 10.1. The van der Waals surface area contributed by atoms with Crippen LogP contribution in [0.3, 0.4) is 0 Å². The molecule has 1 saturated heterocycles. The number of para-hydroxylation sites is 1. The van der Waals surface area contributed by atoms with Gasteiger partial charge in [0.05, 0.1) is 25.5 Å². The molecule has 1 aromatic carbocycles. The number of ether oxygens (including phenoxy) is 1. The molecule has 1 aliphatic rings. The Balaban J connectivity index is 0.00000280. The molecule has 1 aliphatic heterocycles. The van der Waals surface area contributed by atoms with Crippen LogP contribution in [0.5, 0.6) is 0 Å². The third kappa shape index (κ3) is 6.10. The summed E-state index contributed by atoms with van der Waals surface area (Å²) in [5, 5.41) is 10.7. The molecule has 0 amide bonds. The van der Waals surface area contributed by atoms with Crippen molar-refractivity contribution in [2.45, 2.75) is 32.9 Å². The van der Waals surface area contributed by atoms with E-state index in [2.05, 4.69) is 63.8 Å². The van der Waals surface area contributed by atoms with Gasteiger partial charge in [0.2, 0.25) is 0 Å². The van der Waals surface area contributed by atoms with Gasteiger partial charge in [0.1, 0.15) is 0 Å². The molecule has 0 unspecified atom stereocenters. The van der Waals surface area contributed by atoms with Crippen LogP contribution in [0.1, 0.15) is 36.8 Å². The first-order valence-corrected chi connectivity index (χ1v) is 9.48. The lowest BCUT2D eigenvalue weighted by Gasteiger charge is -2.30. The summed E-state index contributed by atoms with van der Waals surface area (Å²) in [6.07, 6.45) is 0. The molecule has 1 aromatic heterocycles. The van der Waals surface area contributed by atoms with Crippen molar-refractivity contribution >= 4 is 35.6 Å². The van der Waals surface area contributed by atoms with Gasteiger partial charge in [-0.1, -0.05) is 37.2 Å². The van der Waals surface area contributed by atoms with E-state index in [4.69, 9.17) is 9.26 Å². The number of anilines is 1. The maximum Gasteiger partial charge on any atom is 0.191 e. The summed E-state index contributed by atoms with van der Waals surface area (Å²) in [7, 11) is 1.77. The van der Waals surface area contributed by atoms with Gasteiger partial charge in [-0.3, -0.25) is 4.99 Å². The SMILES string of the molecule is CN=C(NCc1cc(C(C)C)no1)NCc1ccccc1N1CCOCC1.I. The van der Waals surface area contributed by atoms with Crippen LogP contribution in [0, 0.1) is 0 Å². The number of aliphatic imine (C=N–C) groups is 1. The van der Waals surface area contributed by atoms with Crippen molar-refractivity contribution in [3.8, 4) is 0 Å². The van der Waals surface area contributed by atoms with Crippen LogP contribution >= 0.6 is 24.0 Å². The van der Waals surface area contributed by atoms with E-state index in [1.54, 1.807) is 7.05 Å². The van der Waals surface area contributed by atoms with E-state index in [0.717, 1.165) is 43.7 Å². The van der Waals surface area contributed by atoms with E-state index >= 15 is 0 Å². The summed E-state index contributed by atoms with van der Waals surface area (Å²) in [5.74, 6) is 1.89. The number of nitrogens with one attached hydrogen (secondary N) is 2. The Morgan fingerprint density at radius 2 is 1.89 bits per heavy atom. The minimum Gasteiger partial charge on any atom is -0.378 e. The van der Waals surface area contributed by atoms with Crippen LogP contribution in [0.25, 0.3) is 0 Å². The molecule has 0 saturated carbocycles. The van der Waals surface area contributed by atoms with Gasteiger partial charge in [-0.05, 0) is 17.5 Å². The number of hydrogen-bond donors (Lipinski definition) is 2. The number of halogens is 1. The summed E-state index contributed by atoms with van der Waals surface area (Å²) < 4.78 is 10.8. The Morgan fingerprint density at radius 3 is 2.57 bits per heavy atom. The van der Waals surface area contributed by atoms with Crippen LogP contribution in [-0.2, 0) is 17.8 Å². The summed E-state index contributed by atoms with van der Waals surface area (Å²) in [6, 6.07) is 10.5. The zero-order valence-electron chi connectivity index (χ0n) is 16.8. The first-order chi connectivity index (χ1) is 13.2. The zero-order chi connectivity index (χ0) is 19.1. The Hall–Kier alpha value is -1.81. The van der Waals surface area contributed by atoms with E-state index in [-0.39, 0.29) is 24.0 Å². The molecule has 0 spiro atoms. The molecule has 7 nitrogen and oxygen atoms in total. The first kappa shape index (κ1) is 22.5. The average Bonchev–Trinajstić information content (AvgIpc) is 3.18. The predicted molar refractivity (Wildman–Crippen MR) is 123 cm³/mol. The number of morpholine rings is 1. The van der Waals surface area contributed by atoms with Crippen molar-refractivity contribution in [2.75, 3.05) is 38.3 Å². The van der Waals surface area contributed by atoms with E-state index in [1.165, 1.54) is 11.3 Å². The van der Waals surface area contributed by atoms with Gasteiger partial charge in [-0.2, -0.15) is 0 Å². The van der Waals surface area contributed by atoms with Gasteiger partial charge in [0, 0.05) is 38.4 Å². The van der Waals surface area contributed by atoms with Gasteiger partial charge in [-0.15, -0.1) is 24.0 Å². The molecular weight excluding hydrogens is 469 g/mol. The first-order valence-electron chi connectivity index (χ1n) is 9.48. The van der Waals surface area contributed by atoms with Crippen molar-refractivity contribution in [3.05, 3.63) is 47.3 Å². The normalized spacial score (nSPS) is 14.7. The Kier molecular flexibility index (Phi) is 9.04. The number of rotatable bonds is 6. The number of guanidine groups is 1. The fourth-order valence-corrected chi connectivity index (χ4v) is 3.03. The number of nitrogens with zero attached hydrogens (tertiary/aromatic N) is 3. The molecule has 0 atom stereocenters. The average molecular weight is 499 g/mol. The Morgan fingerprint density at radius 1 is 1.18 bits per heavy atom. The highest BCUT2D eigenvalue weighted by molar-refractivity contribution is 14.0. The highest BCUT2D eigenvalue weighted by atomic mass is 127. The van der Waals surface area contributed by atoms with Gasteiger partial charge in [0.25, 0.3) is 0 Å². The summed E-state index contributed by atoms with van der Waals surface area (Å²) >= 11 is 0. The lowest BCUT2D eigenvalue weighted by molar-refractivity contribution is 0.122. The molecule has 154 valence electrons. The maximum absolute atomic E-state index is 5.47. The van der Waals surface area contributed by atoms with Crippen molar-refractivity contribution in [1.29, 1.82) is 0 Å². The number of benzene rings is 1. The largest absolute Gasteiger partial charge is 0.378 e. The topological polar surface area (TPSA) is 74.9 Å². The molecule has 2 aromatic rings. The van der Waals surface area contributed by atoms with Crippen molar-refractivity contribution in [1.82, 2.24) is 15.8 Å². The number of aromatic nitrogens is 1. The predicted octanol–water partition coefficient (Wildman–Crippen LogP) is 3.12. The molecule has 0 bridgehead atoms. The third-order valence-electron chi connectivity index (χ3n) is 4.61. The smallest absolute Gasteiger partial charge is 0.191 e. The third-order valence-corrected chi connectivity index (χ3v) is 4.61. The molecule has 2 N–H and O–H groups in total. The van der Waals surface area contributed by atoms with Crippen LogP contribution < -0.4 is 15.5 Å². The molecule has 8 heteroatoms. The van der Waals surface area contributed by atoms with Crippen molar-refractivity contribution < 1.29 is 9.26 Å². The van der Waals surface area contributed by atoms with E-state index in [1.807, 2.05) is 6.07 Å². The molecule has 0 radical (unpaired) electrons. The molecule has 3 rings (SSSR count).